The van der Waals surface area contributed by atoms with Crippen molar-refractivity contribution in [2.75, 3.05) is 35.7 Å². The van der Waals surface area contributed by atoms with Gasteiger partial charge in [0.05, 0.1) is 4.87 Å². The molecule has 1 N–H and O–H groups in total. The number of carbonyl (C=O) groups excluding carboxylic acids is 2. The Balaban J connectivity index is 1.46. The number of hydrogen-bond donors (Lipinski definition) is 1. The van der Waals surface area contributed by atoms with Crippen LogP contribution < -0.4 is 5.32 Å². The van der Waals surface area contributed by atoms with Gasteiger partial charge in [-0.15, -0.1) is 11.8 Å². The minimum absolute atomic E-state index is 0.0592. The number of thioether (sulfide) groups is 2. The SMILES string of the molecule is Cc1ccc(CN2CCSCC2)cc1NC(=O)C1CSC2(C)CCC(=O)N12. The lowest BCUT2D eigenvalue weighted by molar-refractivity contribution is -0.135. The number of anilines is 1. The molecule has 3 heterocycles. The van der Waals surface area contributed by atoms with Crippen LogP contribution in [0.25, 0.3) is 0 Å². The lowest BCUT2D eigenvalue weighted by Gasteiger charge is -2.30. The van der Waals surface area contributed by atoms with E-state index in [0.29, 0.717) is 12.2 Å². The van der Waals surface area contributed by atoms with Crippen LogP contribution in [0, 0.1) is 6.92 Å². The van der Waals surface area contributed by atoms with Crippen molar-refractivity contribution in [1.82, 2.24) is 9.80 Å². The molecule has 0 spiro atoms. The normalized spacial score (nSPS) is 28.4. The summed E-state index contributed by atoms with van der Waals surface area (Å²) in [5.74, 6) is 3.11. The first kappa shape index (κ1) is 19.2. The molecule has 0 aromatic heterocycles. The minimum Gasteiger partial charge on any atom is -0.324 e. The fraction of sp³-hybridized carbons (Fsp3) is 0.600. The predicted octanol–water partition coefficient (Wildman–Crippen LogP) is 2.94. The highest BCUT2D eigenvalue weighted by Gasteiger charge is 2.52. The van der Waals surface area contributed by atoms with Crippen LogP contribution in [0.2, 0.25) is 0 Å². The highest BCUT2D eigenvalue weighted by molar-refractivity contribution is 8.01. The Bertz CT molecular complexity index is 751. The van der Waals surface area contributed by atoms with Crippen molar-refractivity contribution in [3.05, 3.63) is 29.3 Å². The number of rotatable bonds is 4. The Morgan fingerprint density at radius 1 is 1.33 bits per heavy atom. The van der Waals surface area contributed by atoms with Crippen LogP contribution in [0.4, 0.5) is 5.69 Å². The van der Waals surface area contributed by atoms with E-state index in [0.717, 1.165) is 37.3 Å². The molecule has 2 amide bonds. The quantitative estimate of drug-likeness (QED) is 0.835. The average Bonchev–Trinajstić information content (AvgIpc) is 3.15. The van der Waals surface area contributed by atoms with E-state index < -0.39 is 0 Å². The number of aryl methyl sites for hydroxylation is 1. The highest BCUT2D eigenvalue weighted by Crippen LogP contribution is 2.47. The maximum absolute atomic E-state index is 13.0. The van der Waals surface area contributed by atoms with Crippen LogP contribution in [-0.4, -0.2) is 62.9 Å². The van der Waals surface area contributed by atoms with E-state index in [4.69, 9.17) is 0 Å². The first-order valence-corrected chi connectivity index (χ1v) is 11.8. The van der Waals surface area contributed by atoms with Crippen LogP contribution in [0.15, 0.2) is 18.2 Å². The topological polar surface area (TPSA) is 52.7 Å². The van der Waals surface area contributed by atoms with Gasteiger partial charge in [-0.1, -0.05) is 12.1 Å². The summed E-state index contributed by atoms with van der Waals surface area (Å²) in [6, 6.07) is 5.97. The summed E-state index contributed by atoms with van der Waals surface area (Å²) in [6.45, 7) is 7.26. The minimum atomic E-state index is -0.364. The number of carbonyl (C=O) groups is 2. The van der Waals surface area contributed by atoms with Crippen LogP contribution in [0.3, 0.4) is 0 Å². The standard InChI is InChI=1S/C20H27N3O2S2/c1-14-3-4-15(12-22-7-9-26-10-8-22)11-16(14)21-19(25)17-13-27-20(2)6-5-18(24)23(17)20/h3-4,11,17H,5-10,12-13H2,1-2H3,(H,21,25). The maximum atomic E-state index is 13.0. The molecule has 0 radical (unpaired) electrons. The molecule has 1 aromatic rings. The van der Waals surface area contributed by atoms with Crippen molar-refractivity contribution in [2.45, 2.75) is 44.1 Å². The molecule has 146 valence electrons. The number of amides is 2. The van der Waals surface area contributed by atoms with Crippen molar-refractivity contribution in [2.24, 2.45) is 0 Å². The molecule has 5 nitrogen and oxygen atoms in total. The molecule has 3 aliphatic heterocycles. The Kier molecular flexibility index (Phi) is 5.45. The fourth-order valence-corrected chi connectivity index (χ4v) is 6.56. The molecule has 27 heavy (non-hydrogen) atoms. The molecule has 4 rings (SSSR count). The lowest BCUT2D eigenvalue weighted by atomic mass is 10.1. The van der Waals surface area contributed by atoms with E-state index in [1.165, 1.54) is 17.1 Å². The molecule has 2 atom stereocenters. The zero-order valence-corrected chi connectivity index (χ0v) is 17.6. The van der Waals surface area contributed by atoms with Crippen LogP contribution in [0.1, 0.15) is 30.9 Å². The summed E-state index contributed by atoms with van der Waals surface area (Å²) >= 11 is 3.74. The van der Waals surface area contributed by atoms with E-state index in [-0.39, 0.29) is 22.7 Å². The second-order valence-electron chi connectivity index (χ2n) is 7.79. The number of benzene rings is 1. The van der Waals surface area contributed by atoms with Gasteiger partial charge in [-0.05, 0) is 37.5 Å². The Labute approximate surface area is 169 Å². The van der Waals surface area contributed by atoms with Gasteiger partial charge in [-0.3, -0.25) is 14.5 Å². The van der Waals surface area contributed by atoms with E-state index in [2.05, 4.69) is 35.3 Å². The van der Waals surface area contributed by atoms with Gasteiger partial charge in [0.15, 0.2) is 0 Å². The number of nitrogens with one attached hydrogen (secondary N) is 1. The summed E-state index contributed by atoms with van der Waals surface area (Å²) in [5.41, 5.74) is 3.15. The summed E-state index contributed by atoms with van der Waals surface area (Å²) in [7, 11) is 0. The fourth-order valence-electron chi connectivity index (χ4n) is 4.15. The van der Waals surface area contributed by atoms with Crippen LogP contribution in [0.5, 0.6) is 0 Å². The van der Waals surface area contributed by atoms with Crippen molar-refractivity contribution in [3.8, 4) is 0 Å². The van der Waals surface area contributed by atoms with Gasteiger partial charge in [0.2, 0.25) is 11.8 Å². The first-order valence-electron chi connectivity index (χ1n) is 9.63. The highest BCUT2D eigenvalue weighted by atomic mass is 32.2. The third-order valence-electron chi connectivity index (χ3n) is 5.82. The molecule has 2 unspecified atom stereocenters. The van der Waals surface area contributed by atoms with Crippen molar-refractivity contribution in [3.63, 3.8) is 0 Å². The van der Waals surface area contributed by atoms with Crippen LogP contribution >= 0.6 is 23.5 Å². The van der Waals surface area contributed by atoms with Gasteiger partial charge in [0.1, 0.15) is 6.04 Å². The summed E-state index contributed by atoms with van der Waals surface area (Å²) in [4.78, 5) is 29.3. The van der Waals surface area contributed by atoms with Gasteiger partial charge < -0.3 is 10.2 Å². The van der Waals surface area contributed by atoms with Gasteiger partial charge in [0.25, 0.3) is 0 Å². The van der Waals surface area contributed by atoms with E-state index in [9.17, 15) is 9.59 Å². The average molecular weight is 406 g/mol. The van der Waals surface area contributed by atoms with Crippen molar-refractivity contribution < 1.29 is 9.59 Å². The molecule has 3 saturated heterocycles. The Hall–Kier alpha value is -1.18. The summed E-state index contributed by atoms with van der Waals surface area (Å²) in [5, 5.41) is 3.11. The second-order valence-corrected chi connectivity index (χ2v) is 10.5. The number of fused-ring (bicyclic) bond motifs is 1. The predicted molar refractivity (Wildman–Crippen MR) is 113 cm³/mol. The Morgan fingerprint density at radius 2 is 2.11 bits per heavy atom. The molecular weight excluding hydrogens is 378 g/mol. The molecule has 0 saturated carbocycles. The lowest BCUT2D eigenvalue weighted by Crippen LogP contribution is -2.48. The summed E-state index contributed by atoms with van der Waals surface area (Å²) in [6.07, 6.45) is 1.39. The molecule has 3 aliphatic rings. The number of nitrogens with zero attached hydrogens (tertiary/aromatic N) is 2. The zero-order chi connectivity index (χ0) is 19.0. The third-order valence-corrected chi connectivity index (χ3v) is 8.26. The largest absolute Gasteiger partial charge is 0.324 e. The monoisotopic (exact) mass is 405 g/mol. The smallest absolute Gasteiger partial charge is 0.248 e. The first-order chi connectivity index (χ1) is 13.0. The maximum Gasteiger partial charge on any atom is 0.248 e. The summed E-state index contributed by atoms with van der Waals surface area (Å²) < 4.78 is 0. The van der Waals surface area contributed by atoms with E-state index >= 15 is 0 Å². The Morgan fingerprint density at radius 3 is 2.89 bits per heavy atom. The molecule has 0 aliphatic carbocycles. The molecule has 0 bridgehead atoms. The molecule has 3 fully saturated rings. The van der Waals surface area contributed by atoms with Gasteiger partial charge in [-0.25, -0.2) is 0 Å². The zero-order valence-electron chi connectivity index (χ0n) is 16.0. The van der Waals surface area contributed by atoms with Gasteiger partial charge in [-0.2, -0.15) is 11.8 Å². The van der Waals surface area contributed by atoms with Gasteiger partial charge >= 0.3 is 0 Å². The molecule has 7 heteroatoms. The van der Waals surface area contributed by atoms with E-state index in [1.807, 2.05) is 23.6 Å². The second kappa shape index (κ2) is 7.68. The number of hydrogen-bond acceptors (Lipinski definition) is 5. The third kappa shape index (κ3) is 3.87. The van der Waals surface area contributed by atoms with Crippen LogP contribution in [-0.2, 0) is 16.1 Å². The molecular formula is C20H27N3O2S2. The van der Waals surface area contributed by atoms with E-state index in [1.54, 1.807) is 11.8 Å². The van der Waals surface area contributed by atoms with Crippen molar-refractivity contribution in [1.29, 1.82) is 0 Å². The molecule has 1 aromatic carbocycles. The van der Waals surface area contributed by atoms with Crippen molar-refractivity contribution >= 4 is 41.0 Å². The van der Waals surface area contributed by atoms with Gasteiger partial charge in [0, 0.05) is 49.0 Å².